The molecule has 0 atom stereocenters. The topological polar surface area (TPSA) is 30.9 Å². The summed E-state index contributed by atoms with van der Waals surface area (Å²) in [7, 11) is 3.46. The maximum Gasteiger partial charge on any atom is 0.0593 e. The van der Waals surface area contributed by atoms with Crippen LogP contribution in [0.1, 0.15) is 6.42 Å². The minimum Gasteiger partial charge on any atom is -0.385 e. The number of thiol groups is 1. The van der Waals surface area contributed by atoms with Gasteiger partial charge >= 0.3 is 0 Å². The normalized spacial score (nSPS) is 11.2. The van der Waals surface area contributed by atoms with Crippen LogP contribution in [0, 0.1) is 0 Å². The fraction of sp³-hybridized carbons (Fsp3) is 1.00. The number of nitrogens with zero attached hydrogens (tertiary/aromatic N) is 1. The van der Waals surface area contributed by atoms with Gasteiger partial charge in [0.2, 0.25) is 0 Å². The summed E-state index contributed by atoms with van der Waals surface area (Å²) >= 11 is 4.10. The molecule has 0 rings (SSSR count). The van der Waals surface area contributed by atoms with Crippen molar-refractivity contribution in [3.8, 4) is 0 Å². The molecule has 0 aromatic rings. The van der Waals surface area contributed by atoms with E-state index >= 15 is 0 Å². The van der Waals surface area contributed by atoms with Crippen LogP contribution in [0.5, 0.6) is 0 Å². The van der Waals surface area contributed by atoms with Crippen molar-refractivity contribution in [1.82, 2.24) is 4.90 Å². The van der Waals surface area contributed by atoms with Crippen molar-refractivity contribution in [3.63, 3.8) is 0 Å². The lowest BCUT2D eigenvalue weighted by atomic mass is 10.4. The van der Waals surface area contributed by atoms with Crippen molar-refractivity contribution in [2.24, 2.45) is 0 Å². The van der Waals surface area contributed by atoms with Gasteiger partial charge in [-0.05, 0) is 6.42 Å². The number of hydrogen-bond donors (Lipinski definition) is 1. The van der Waals surface area contributed by atoms with Gasteiger partial charge in [0.05, 0.1) is 19.8 Å². The highest BCUT2D eigenvalue weighted by atomic mass is 32.1. The second-order valence-corrected chi connectivity index (χ2v) is 3.96. The Labute approximate surface area is 105 Å². The SMILES string of the molecule is COCCCN(CCOC)CCOCCS. The molecule has 98 valence electrons. The summed E-state index contributed by atoms with van der Waals surface area (Å²) in [5.41, 5.74) is 0. The van der Waals surface area contributed by atoms with Crippen molar-refractivity contribution in [2.75, 3.05) is 66.0 Å². The first-order valence-corrected chi connectivity index (χ1v) is 6.37. The molecule has 0 aliphatic carbocycles. The van der Waals surface area contributed by atoms with Crippen LogP contribution in [0.15, 0.2) is 0 Å². The molecule has 0 unspecified atom stereocenters. The number of hydrogen-bond acceptors (Lipinski definition) is 5. The van der Waals surface area contributed by atoms with Crippen LogP contribution in [0.3, 0.4) is 0 Å². The molecule has 0 amide bonds. The van der Waals surface area contributed by atoms with E-state index in [0.29, 0.717) is 0 Å². The molecular formula is C11H25NO3S. The van der Waals surface area contributed by atoms with Gasteiger partial charge in [-0.2, -0.15) is 12.6 Å². The first-order chi connectivity index (χ1) is 7.85. The Morgan fingerprint density at radius 3 is 2.19 bits per heavy atom. The molecule has 0 bridgehead atoms. The second-order valence-electron chi connectivity index (χ2n) is 3.52. The van der Waals surface area contributed by atoms with E-state index in [0.717, 1.165) is 58.2 Å². The largest absolute Gasteiger partial charge is 0.385 e. The molecule has 0 radical (unpaired) electrons. The van der Waals surface area contributed by atoms with E-state index in [1.54, 1.807) is 14.2 Å². The molecule has 0 heterocycles. The summed E-state index contributed by atoms with van der Waals surface area (Å²) in [6.07, 6.45) is 1.05. The lowest BCUT2D eigenvalue weighted by Gasteiger charge is -2.21. The maximum atomic E-state index is 5.41. The van der Waals surface area contributed by atoms with Crippen molar-refractivity contribution < 1.29 is 14.2 Å². The van der Waals surface area contributed by atoms with Crippen molar-refractivity contribution in [3.05, 3.63) is 0 Å². The van der Waals surface area contributed by atoms with Crippen LogP contribution in [-0.2, 0) is 14.2 Å². The quantitative estimate of drug-likeness (QED) is 0.413. The highest BCUT2D eigenvalue weighted by molar-refractivity contribution is 7.80. The summed E-state index contributed by atoms with van der Waals surface area (Å²) in [6, 6.07) is 0. The zero-order chi connectivity index (χ0) is 12.1. The molecule has 0 aliphatic heterocycles. The molecule has 0 aliphatic rings. The predicted molar refractivity (Wildman–Crippen MR) is 69.5 cm³/mol. The fourth-order valence-corrected chi connectivity index (χ4v) is 1.48. The summed E-state index contributed by atoms with van der Waals surface area (Å²) in [5.74, 6) is 0.780. The number of methoxy groups -OCH3 is 2. The second kappa shape index (κ2) is 13.3. The van der Waals surface area contributed by atoms with E-state index in [1.165, 1.54) is 0 Å². The van der Waals surface area contributed by atoms with Gasteiger partial charge < -0.3 is 14.2 Å². The predicted octanol–water partition coefficient (Wildman–Crippen LogP) is 0.918. The molecule has 4 nitrogen and oxygen atoms in total. The van der Waals surface area contributed by atoms with Crippen molar-refractivity contribution in [1.29, 1.82) is 0 Å². The zero-order valence-electron chi connectivity index (χ0n) is 10.5. The average Bonchev–Trinajstić information content (AvgIpc) is 2.31. The Bertz CT molecular complexity index is 138. The van der Waals surface area contributed by atoms with E-state index in [2.05, 4.69) is 17.5 Å². The molecule has 0 saturated heterocycles. The molecule has 5 heteroatoms. The van der Waals surface area contributed by atoms with Crippen molar-refractivity contribution >= 4 is 12.6 Å². The Hall–Kier alpha value is 0.190. The van der Waals surface area contributed by atoms with Crippen LogP contribution < -0.4 is 0 Å². The monoisotopic (exact) mass is 251 g/mol. The van der Waals surface area contributed by atoms with Crippen LogP contribution in [0.25, 0.3) is 0 Å². The van der Waals surface area contributed by atoms with Crippen molar-refractivity contribution in [2.45, 2.75) is 6.42 Å². The molecule has 0 fully saturated rings. The first-order valence-electron chi connectivity index (χ1n) is 5.74. The van der Waals surface area contributed by atoms with Gasteiger partial charge in [0, 0.05) is 46.2 Å². The summed E-state index contributed by atoms with van der Waals surface area (Å²) in [5, 5.41) is 0. The molecular weight excluding hydrogens is 226 g/mol. The lowest BCUT2D eigenvalue weighted by Crippen LogP contribution is -2.32. The van der Waals surface area contributed by atoms with Gasteiger partial charge in [-0.25, -0.2) is 0 Å². The van der Waals surface area contributed by atoms with Gasteiger partial charge in [0.25, 0.3) is 0 Å². The molecule has 0 spiro atoms. The Morgan fingerprint density at radius 1 is 0.875 bits per heavy atom. The minimum absolute atomic E-state index is 0.722. The van der Waals surface area contributed by atoms with Crippen LogP contribution in [0.4, 0.5) is 0 Å². The average molecular weight is 251 g/mol. The highest BCUT2D eigenvalue weighted by Gasteiger charge is 2.03. The number of ether oxygens (including phenoxy) is 3. The highest BCUT2D eigenvalue weighted by Crippen LogP contribution is 1.93. The van der Waals surface area contributed by atoms with Gasteiger partial charge in [0.15, 0.2) is 0 Å². The third-order valence-electron chi connectivity index (χ3n) is 2.22. The molecule has 0 aromatic heterocycles. The van der Waals surface area contributed by atoms with E-state index in [-0.39, 0.29) is 0 Å². The third-order valence-corrected chi connectivity index (χ3v) is 2.40. The molecule has 0 aromatic carbocycles. The zero-order valence-corrected chi connectivity index (χ0v) is 11.4. The third kappa shape index (κ3) is 10.7. The van der Waals surface area contributed by atoms with E-state index in [1.807, 2.05) is 0 Å². The van der Waals surface area contributed by atoms with Gasteiger partial charge in [0.1, 0.15) is 0 Å². The smallest absolute Gasteiger partial charge is 0.0593 e. The fourth-order valence-electron chi connectivity index (χ4n) is 1.35. The first kappa shape index (κ1) is 16.2. The Morgan fingerprint density at radius 2 is 1.56 bits per heavy atom. The Kier molecular flexibility index (Phi) is 13.4. The van der Waals surface area contributed by atoms with E-state index in [4.69, 9.17) is 14.2 Å². The molecule has 0 N–H and O–H groups in total. The van der Waals surface area contributed by atoms with Gasteiger partial charge in [-0.1, -0.05) is 0 Å². The lowest BCUT2D eigenvalue weighted by molar-refractivity contribution is 0.0895. The van der Waals surface area contributed by atoms with E-state index in [9.17, 15) is 0 Å². The maximum absolute atomic E-state index is 5.41. The Balaban J connectivity index is 3.54. The molecule has 16 heavy (non-hydrogen) atoms. The minimum atomic E-state index is 0.722. The molecule has 0 saturated carbocycles. The van der Waals surface area contributed by atoms with Crippen LogP contribution in [0.2, 0.25) is 0 Å². The van der Waals surface area contributed by atoms with Crippen LogP contribution in [-0.4, -0.2) is 70.9 Å². The van der Waals surface area contributed by atoms with E-state index < -0.39 is 0 Å². The van der Waals surface area contributed by atoms with Gasteiger partial charge in [-0.15, -0.1) is 0 Å². The summed E-state index contributed by atoms with van der Waals surface area (Å²) < 4.78 is 15.5. The number of rotatable bonds is 12. The summed E-state index contributed by atoms with van der Waals surface area (Å²) in [6.45, 7) is 5.98. The van der Waals surface area contributed by atoms with Crippen LogP contribution >= 0.6 is 12.6 Å². The standard InChI is InChI=1S/C11H25NO3S/c1-13-7-3-4-12(5-8-14-2)6-9-15-10-11-16/h16H,3-11H2,1-2H3. The van der Waals surface area contributed by atoms with Gasteiger partial charge in [-0.3, -0.25) is 4.90 Å². The summed E-state index contributed by atoms with van der Waals surface area (Å²) in [4.78, 5) is 2.33.